The molecule has 0 radical (unpaired) electrons. The van der Waals surface area contributed by atoms with Crippen LogP contribution in [-0.4, -0.2) is 16.6 Å². The lowest BCUT2D eigenvalue weighted by Gasteiger charge is -2.15. The molecule has 3 N–H and O–H groups in total. The van der Waals surface area contributed by atoms with Gasteiger partial charge in [0.15, 0.2) is 0 Å². The average Bonchev–Trinajstić information content (AvgIpc) is 2.17. The maximum Gasteiger partial charge on any atom is 0.416 e. The molecule has 1 aromatic rings. The number of aliphatic hydroxyl groups is 1. The van der Waals surface area contributed by atoms with Gasteiger partial charge in [-0.3, -0.25) is 4.98 Å². The second-order valence-corrected chi connectivity index (χ2v) is 3.05. The minimum atomic E-state index is -4.48. The van der Waals surface area contributed by atoms with Crippen molar-refractivity contribution in [3.63, 3.8) is 0 Å². The third-order valence-corrected chi connectivity index (χ3v) is 1.96. The molecule has 0 aliphatic heterocycles. The van der Waals surface area contributed by atoms with Crippen LogP contribution in [0, 0.1) is 0 Å². The molecule has 1 heterocycles. The van der Waals surface area contributed by atoms with Crippen LogP contribution >= 0.6 is 0 Å². The molecular weight excluding hydrogens is 209 g/mol. The lowest BCUT2D eigenvalue weighted by molar-refractivity contribution is -0.139. The van der Waals surface area contributed by atoms with Gasteiger partial charge in [-0.2, -0.15) is 13.2 Å². The molecule has 84 valence electrons. The zero-order valence-corrected chi connectivity index (χ0v) is 7.83. The summed E-state index contributed by atoms with van der Waals surface area (Å²) in [5.41, 5.74) is 4.08. The lowest BCUT2D eigenvalue weighted by atomic mass is 10.0. The van der Waals surface area contributed by atoms with E-state index in [1.54, 1.807) is 0 Å². The molecule has 0 fully saturated rings. The number of aromatic nitrogens is 1. The third-order valence-electron chi connectivity index (χ3n) is 1.96. The molecule has 15 heavy (non-hydrogen) atoms. The van der Waals surface area contributed by atoms with Gasteiger partial charge in [0, 0.05) is 18.0 Å². The van der Waals surface area contributed by atoms with E-state index in [1.807, 2.05) is 0 Å². The van der Waals surface area contributed by atoms with Crippen molar-refractivity contribution in [3.8, 4) is 0 Å². The van der Waals surface area contributed by atoms with Crippen LogP contribution in [0.15, 0.2) is 18.5 Å². The summed E-state index contributed by atoms with van der Waals surface area (Å²) in [6, 6.07) is 0.842. The van der Waals surface area contributed by atoms with Gasteiger partial charge in [0.2, 0.25) is 0 Å². The highest BCUT2D eigenvalue weighted by molar-refractivity contribution is 5.28. The van der Waals surface area contributed by atoms with Crippen molar-refractivity contribution in [2.75, 3.05) is 6.54 Å². The number of hydrogen-bond acceptors (Lipinski definition) is 3. The van der Waals surface area contributed by atoms with E-state index >= 15 is 0 Å². The summed E-state index contributed by atoms with van der Waals surface area (Å²) in [5, 5.41) is 9.44. The second kappa shape index (κ2) is 4.59. The Balaban J connectivity index is 3.06. The second-order valence-electron chi connectivity index (χ2n) is 3.05. The minimum absolute atomic E-state index is 0.0781. The van der Waals surface area contributed by atoms with Gasteiger partial charge in [0.25, 0.3) is 0 Å². The van der Waals surface area contributed by atoms with Crippen LogP contribution in [0.25, 0.3) is 0 Å². The monoisotopic (exact) mass is 220 g/mol. The number of nitrogens with zero attached hydrogens (tertiary/aromatic N) is 1. The molecule has 0 unspecified atom stereocenters. The van der Waals surface area contributed by atoms with Gasteiger partial charge >= 0.3 is 6.18 Å². The van der Waals surface area contributed by atoms with Gasteiger partial charge in [-0.15, -0.1) is 0 Å². The Kier molecular flexibility index (Phi) is 3.65. The maximum atomic E-state index is 12.5. The average molecular weight is 220 g/mol. The molecule has 3 nitrogen and oxygen atoms in total. The number of halogens is 3. The first-order valence-corrected chi connectivity index (χ1v) is 4.36. The van der Waals surface area contributed by atoms with E-state index in [4.69, 9.17) is 5.73 Å². The van der Waals surface area contributed by atoms with Crippen LogP contribution in [0.3, 0.4) is 0 Å². The summed E-state index contributed by atoms with van der Waals surface area (Å²) in [6.45, 7) is 0.118. The summed E-state index contributed by atoms with van der Waals surface area (Å²) < 4.78 is 37.4. The van der Waals surface area contributed by atoms with Crippen molar-refractivity contribution in [3.05, 3.63) is 29.6 Å². The molecule has 6 heteroatoms. The highest BCUT2D eigenvalue weighted by Crippen LogP contribution is 2.34. The Morgan fingerprint density at radius 1 is 1.47 bits per heavy atom. The number of rotatable bonds is 3. The molecule has 0 aromatic carbocycles. The Labute approximate surface area is 84.7 Å². The van der Waals surface area contributed by atoms with E-state index in [-0.39, 0.29) is 18.5 Å². The molecule has 0 saturated heterocycles. The highest BCUT2D eigenvalue weighted by atomic mass is 19.4. The zero-order chi connectivity index (χ0) is 11.5. The number of alkyl halides is 3. The van der Waals surface area contributed by atoms with Crippen LogP contribution < -0.4 is 5.73 Å². The fraction of sp³-hybridized carbons (Fsp3) is 0.444. The molecule has 0 aliphatic carbocycles. The van der Waals surface area contributed by atoms with Crippen molar-refractivity contribution in [1.82, 2.24) is 4.98 Å². The predicted octanol–water partition coefficient (Wildman–Crippen LogP) is 1.48. The zero-order valence-electron chi connectivity index (χ0n) is 7.83. The van der Waals surface area contributed by atoms with E-state index < -0.39 is 17.8 Å². The van der Waals surface area contributed by atoms with E-state index in [1.165, 1.54) is 0 Å². The molecule has 0 spiro atoms. The molecular formula is C9H11F3N2O. The van der Waals surface area contributed by atoms with Crippen LogP contribution in [0.1, 0.15) is 23.7 Å². The van der Waals surface area contributed by atoms with Gasteiger partial charge in [0.1, 0.15) is 0 Å². The van der Waals surface area contributed by atoms with Crippen LogP contribution in [0.5, 0.6) is 0 Å². The largest absolute Gasteiger partial charge is 0.416 e. The Morgan fingerprint density at radius 3 is 2.67 bits per heavy atom. The molecule has 1 rings (SSSR count). The molecule has 0 saturated carbocycles. The van der Waals surface area contributed by atoms with Crippen LogP contribution in [0.4, 0.5) is 13.2 Å². The first-order chi connectivity index (χ1) is 6.96. The van der Waals surface area contributed by atoms with Crippen molar-refractivity contribution < 1.29 is 18.3 Å². The van der Waals surface area contributed by atoms with Crippen LogP contribution in [-0.2, 0) is 6.18 Å². The first-order valence-electron chi connectivity index (χ1n) is 4.36. The van der Waals surface area contributed by atoms with Gasteiger partial charge < -0.3 is 10.8 Å². The predicted molar refractivity (Wildman–Crippen MR) is 47.9 cm³/mol. The minimum Gasteiger partial charge on any atom is -0.388 e. The summed E-state index contributed by atoms with van der Waals surface area (Å²) in [5.74, 6) is 0. The van der Waals surface area contributed by atoms with Gasteiger partial charge in [-0.1, -0.05) is 0 Å². The molecule has 1 aromatic heterocycles. The molecule has 0 aliphatic rings. The Bertz CT molecular complexity index is 327. The standard InChI is InChI=1S/C9H11F3N2O/c10-9(11,12)7-2-4-14-5-6(7)8(15)1-3-13/h2,4-5,8,15H,1,3,13H2/t8-/m1/s1. The highest BCUT2D eigenvalue weighted by Gasteiger charge is 2.34. The van der Waals surface area contributed by atoms with Crippen molar-refractivity contribution in [1.29, 1.82) is 0 Å². The van der Waals surface area contributed by atoms with Crippen LogP contribution in [0.2, 0.25) is 0 Å². The van der Waals surface area contributed by atoms with E-state index in [0.29, 0.717) is 0 Å². The normalized spacial score (nSPS) is 13.9. The van der Waals surface area contributed by atoms with E-state index in [0.717, 1.165) is 18.5 Å². The maximum absolute atomic E-state index is 12.5. The summed E-state index contributed by atoms with van der Waals surface area (Å²) >= 11 is 0. The number of aliphatic hydroxyl groups excluding tert-OH is 1. The fourth-order valence-corrected chi connectivity index (χ4v) is 1.24. The SMILES string of the molecule is NCC[C@@H](O)c1cnccc1C(F)(F)F. The van der Waals surface area contributed by atoms with Crippen molar-refractivity contribution in [2.45, 2.75) is 18.7 Å². The number of hydrogen-bond donors (Lipinski definition) is 2. The van der Waals surface area contributed by atoms with Gasteiger partial charge in [-0.05, 0) is 19.0 Å². The van der Waals surface area contributed by atoms with Gasteiger partial charge in [-0.25, -0.2) is 0 Å². The summed E-state index contributed by atoms with van der Waals surface area (Å²) in [4.78, 5) is 3.56. The molecule has 0 amide bonds. The van der Waals surface area contributed by atoms with Gasteiger partial charge in [0.05, 0.1) is 11.7 Å². The summed E-state index contributed by atoms with van der Waals surface area (Å²) in [6.07, 6.45) is -3.56. The molecule has 1 atom stereocenters. The quantitative estimate of drug-likeness (QED) is 0.811. The number of pyridine rings is 1. The smallest absolute Gasteiger partial charge is 0.388 e. The summed E-state index contributed by atoms with van der Waals surface area (Å²) in [7, 11) is 0. The van der Waals surface area contributed by atoms with E-state index in [2.05, 4.69) is 4.98 Å². The Hall–Kier alpha value is -1.14. The van der Waals surface area contributed by atoms with Crippen molar-refractivity contribution in [2.24, 2.45) is 5.73 Å². The Morgan fingerprint density at radius 2 is 2.13 bits per heavy atom. The van der Waals surface area contributed by atoms with Crippen molar-refractivity contribution >= 4 is 0 Å². The fourth-order valence-electron chi connectivity index (χ4n) is 1.24. The lowest BCUT2D eigenvalue weighted by Crippen LogP contribution is -2.14. The topological polar surface area (TPSA) is 59.1 Å². The molecule has 0 bridgehead atoms. The first kappa shape index (κ1) is 11.9. The number of nitrogens with two attached hydrogens (primary N) is 1. The third kappa shape index (κ3) is 2.90. The van der Waals surface area contributed by atoms with E-state index in [9.17, 15) is 18.3 Å².